The van der Waals surface area contributed by atoms with E-state index < -0.39 is 25.1 Å². The van der Waals surface area contributed by atoms with Crippen molar-refractivity contribution in [2.24, 2.45) is 0 Å². The maximum absolute atomic E-state index is 13.3. The Bertz CT molecular complexity index is 1060. The van der Waals surface area contributed by atoms with Gasteiger partial charge >= 0.3 is 0 Å². The predicted octanol–water partition coefficient (Wildman–Crippen LogP) is 2.63. The highest BCUT2D eigenvalue weighted by Gasteiger charge is 2.37. The number of hydrogen-bond acceptors (Lipinski definition) is 5. The Hall–Kier alpha value is -1.71. The van der Waals surface area contributed by atoms with E-state index in [9.17, 15) is 16.8 Å². The summed E-state index contributed by atoms with van der Waals surface area (Å²) in [5.41, 5.74) is 1.74. The lowest BCUT2D eigenvalue weighted by Gasteiger charge is -2.20. The first-order chi connectivity index (χ1) is 13.1. The summed E-state index contributed by atoms with van der Waals surface area (Å²) in [6.45, 7) is 7.43. The summed E-state index contributed by atoms with van der Waals surface area (Å²) >= 11 is 0. The van der Waals surface area contributed by atoms with E-state index in [4.69, 9.17) is 0 Å². The van der Waals surface area contributed by atoms with Crippen LogP contribution in [-0.2, 0) is 19.9 Å². The molecule has 9 heteroatoms. The molecule has 0 amide bonds. The van der Waals surface area contributed by atoms with Gasteiger partial charge in [0.2, 0.25) is 10.0 Å². The van der Waals surface area contributed by atoms with Crippen LogP contribution < -0.4 is 0 Å². The molecule has 1 aliphatic rings. The van der Waals surface area contributed by atoms with Crippen LogP contribution in [0, 0.1) is 13.8 Å². The van der Waals surface area contributed by atoms with Crippen LogP contribution in [-0.4, -0.2) is 49.8 Å². The van der Waals surface area contributed by atoms with Crippen LogP contribution in [0.1, 0.15) is 48.5 Å². The van der Waals surface area contributed by atoms with E-state index in [2.05, 4.69) is 5.10 Å². The molecule has 0 spiro atoms. The third kappa shape index (κ3) is 3.75. The molecule has 0 bridgehead atoms. The van der Waals surface area contributed by atoms with Crippen molar-refractivity contribution in [3.63, 3.8) is 0 Å². The number of rotatable bonds is 4. The van der Waals surface area contributed by atoms with Crippen molar-refractivity contribution >= 4 is 19.9 Å². The van der Waals surface area contributed by atoms with Crippen molar-refractivity contribution in [2.75, 3.05) is 18.8 Å². The summed E-state index contributed by atoms with van der Waals surface area (Å²) in [5, 5.41) is 3.69. The third-order valence-electron chi connectivity index (χ3n) is 5.22. The van der Waals surface area contributed by atoms with Crippen LogP contribution in [0.5, 0.6) is 0 Å². The fourth-order valence-electron chi connectivity index (χ4n) is 3.86. The van der Waals surface area contributed by atoms with Crippen molar-refractivity contribution in [2.45, 2.75) is 50.3 Å². The summed E-state index contributed by atoms with van der Waals surface area (Å²) in [5.74, 6) is -0.192. The molecule has 1 aromatic heterocycles. The second-order valence-electron chi connectivity index (χ2n) is 7.50. The van der Waals surface area contributed by atoms with Crippen LogP contribution in [0.25, 0.3) is 0 Å². The largest absolute Gasteiger partial charge is 0.266 e. The van der Waals surface area contributed by atoms with Crippen LogP contribution in [0.15, 0.2) is 35.2 Å². The molecule has 2 heterocycles. The molecular formula is C19H27N3O4S2. The van der Waals surface area contributed by atoms with Gasteiger partial charge < -0.3 is 0 Å². The van der Waals surface area contributed by atoms with Gasteiger partial charge in [0.25, 0.3) is 0 Å². The van der Waals surface area contributed by atoms with E-state index in [0.29, 0.717) is 17.0 Å². The number of nitrogens with zero attached hydrogens (tertiary/aromatic N) is 3. The standard InChI is InChI=1S/C19H27N3O4S2/c1-14(2)22-16(4)19(15(3)20-22)28(25,26)21-11-10-18(27(23,24)13-12-21)17-8-6-5-7-9-17/h5-9,14,18H,10-13H2,1-4H3/t18-/m0/s1. The van der Waals surface area contributed by atoms with Crippen molar-refractivity contribution in [1.82, 2.24) is 14.1 Å². The van der Waals surface area contributed by atoms with Crippen molar-refractivity contribution in [1.29, 1.82) is 0 Å². The second kappa shape index (κ2) is 7.61. The number of hydrogen-bond donors (Lipinski definition) is 0. The first-order valence-electron chi connectivity index (χ1n) is 9.38. The molecule has 2 aromatic rings. The Morgan fingerprint density at radius 1 is 1.11 bits per heavy atom. The summed E-state index contributed by atoms with van der Waals surface area (Å²) < 4.78 is 55.3. The SMILES string of the molecule is Cc1nn(C(C)C)c(C)c1S(=O)(=O)N1CC[C@@H](c2ccccc2)S(=O)(=O)CC1. The summed E-state index contributed by atoms with van der Waals surface area (Å²) in [6.07, 6.45) is 0.238. The van der Waals surface area contributed by atoms with Gasteiger partial charge in [-0.05, 0) is 39.7 Å². The number of aromatic nitrogens is 2. The average Bonchev–Trinajstić information content (AvgIpc) is 2.82. The molecular weight excluding hydrogens is 398 g/mol. The number of benzene rings is 1. The van der Waals surface area contributed by atoms with Crippen LogP contribution >= 0.6 is 0 Å². The maximum atomic E-state index is 13.3. The summed E-state index contributed by atoms with van der Waals surface area (Å²) in [7, 11) is -7.27. The van der Waals surface area contributed by atoms with Gasteiger partial charge in [0, 0.05) is 19.1 Å². The second-order valence-corrected chi connectivity index (χ2v) is 11.7. The molecule has 0 radical (unpaired) electrons. The van der Waals surface area contributed by atoms with Crippen molar-refractivity contribution in [3.05, 3.63) is 47.3 Å². The van der Waals surface area contributed by atoms with Crippen LogP contribution in [0.3, 0.4) is 0 Å². The van der Waals surface area contributed by atoms with Gasteiger partial charge in [0.15, 0.2) is 9.84 Å². The smallest absolute Gasteiger partial charge is 0.246 e. The molecule has 0 unspecified atom stereocenters. The lowest BCUT2D eigenvalue weighted by Crippen LogP contribution is -2.34. The van der Waals surface area contributed by atoms with E-state index in [1.54, 1.807) is 42.8 Å². The minimum absolute atomic E-state index is 0.0367. The van der Waals surface area contributed by atoms with E-state index in [-0.39, 0.29) is 36.2 Å². The number of sulfone groups is 1. The fraction of sp³-hybridized carbons (Fsp3) is 0.526. The lowest BCUT2D eigenvalue weighted by molar-refractivity contribution is 0.427. The number of aryl methyl sites for hydroxylation is 1. The zero-order valence-electron chi connectivity index (χ0n) is 16.7. The van der Waals surface area contributed by atoms with E-state index in [1.807, 2.05) is 19.9 Å². The molecule has 1 atom stereocenters. The van der Waals surface area contributed by atoms with Gasteiger partial charge in [0.1, 0.15) is 4.90 Å². The summed E-state index contributed by atoms with van der Waals surface area (Å²) in [4.78, 5) is 0.191. The number of sulfonamides is 1. The molecule has 154 valence electrons. The Balaban J connectivity index is 1.96. The molecule has 0 aliphatic carbocycles. The van der Waals surface area contributed by atoms with Gasteiger partial charge in [-0.3, -0.25) is 4.68 Å². The molecule has 28 heavy (non-hydrogen) atoms. The minimum Gasteiger partial charge on any atom is -0.266 e. The normalized spacial score (nSPS) is 21.0. The maximum Gasteiger partial charge on any atom is 0.246 e. The van der Waals surface area contributed by atoms with Gasteiger partial charge in [-0.1, -0.05) is 30.3 Å². The molecule has 1 aromatic carbocycles. The Morgan fingerprint density at radius 3 is 2.32 bits per heavy atom. The molecule has 1 saturated heterocycles. The lowest BCUT2D eigenvalue weighted by atomic mass is 10.1. The highest BCUT2D eigenvalue weighted by atomic mass is 32.2. The van der Waals surface area contributed by atoms with Crippen LogP contribution in [0.2, 0.25) is 0 Å². The van der Waals surface area contributed by atoms with Crippen molar-refractivity contribution in [3.8, 4) is 0 Å². The van der Waals surface area contributed by atoms with Gasteiger partial charge in [-0.15, -0.1) is 0 Å². The predicted molar refractivity (Wildman–Crippen MR) is 108 cm³/mol. The fourth-order valence-corrected chi connectivity index (χ4v) is 7.59. The molecule has 1 fully saturated rings. The van der Waals surface area contributed by atoms with Crippen LogP contribution in [0.4, 0.5) is 0 Å². The topological polar surface area (TPSA) is 89.3 Å². The molecule has 0 saturated carbocycles. The molecule has 7 nitrogen and oxygen atoms in total. The Labute approximate surface area is 167 Å². The van der Waals surface area contributed by atoms with E-state index in [0.717, 1.165) is 0 Å². The quantitative estimate of drug-likeness (QED) is 0.751. The van der Waals surface area contributed by atoms with Gasteiger partial charge in [-0.2, -0.15) is 9.40 Å². The first kappa shape index (κ1) is 21.0. The van der Waals surface area contributed by atoms with Gasteiger partial charge in [-0.25, -0.2) is 16.8 Å². The monoisotopic (exact) mass is 425 g/mol. The highest BCUT2D eigenvalue weighted by Crippen LogP contribution is 2.32. The zero-order valence-corrected chi connectivity index (χ0v) is 18.3. The van der Waals surface area contributed by atoms with E-state index in [1.165, 1.54) is 4.31 Å². The van der Waals surface area contributed by atoms with Gasteiger partial charge in [0.05, 0.1) is 22.4 Å². The molecule has 1 aliphatic heterocycles. The Morgan fingerprint density at radius 2 is 1.75 bits per heavy atom. The summed E-state index contributed by atoms with van der Waals surface area (Å²) in [6, 6.07) is 9.05. The van der Waals surface area contributed by atoms with Crippen molar-refractivity contribution < 1.29 is 16.8 Å². The first-order valence-corrected chi connectivity index (χ1v) is 12.5. The Kier molecular flexibility index (Phi) is 5.71. The zero-order chi connectivity index (χ0) is 20.7. The third-order valence-corrected chi connectivity index (χ3v) is 9.49. The minimum atomic E-state index is -3.83. The molecule has 0 N–H and O–H groups in total. The highest BCUT2D eigenvalue weighted by molar-refractivity contribution is 7.92. The van der Waals surface area contributed by atoms with E-state index >= 15 is 0 Å². The molecule has 3 rings (SSSR count). The average molecular weight is 426 g/mol.